The summed E-state index contributed by atoms with van der Waals surface area (Å²) in [5.41, 5.74) is 2.44. The molecule has 3 heterocycles. The summed E-state index contributed by atoms with van der Waals surface area (Å²) in [7, 11) is 0. The van der Waals surface area contributed by atoms with Crippen LogP contribution in [-0.2, 0) is 0 Å². The third-order valence-corrected chi connectivity index (χ3v) is 2.84. The van der Waals surface area contributed by atoms with Crippen LogP contribution >= 0.6 is 0 Å². The van der Waals surface area contributed by atoms with Crippen LogP contribution in [0, 0.1) is 6.92 Å². The lowest BCUT2D eigenvalue weighted by molar-refractivity contribution is 0.111. The van der Waals surface area contributed by atoms with Crippen LogP contribution in [0.1, 0.15) is 16.2 Å². The first-order valence-electron chi connectivity index (χ1n) is 5.41. The van der Waals surface area contributed by atoms with Crippen LogP contribution in [0.3, 0.4) is 0 Å². The van der Waals surface area contributed by atoms with E-state index >= 15 is 0 Å². The topological polar surface area (TPSA) is 34.6 Å². The average Bonchev–Trinajstić information content (AvgIpc) is 2.91. The van der Waals surface area contributed by atoms with Gasteiger partial charge in [0.25, 0.3) is 0 Å². The number of pyridine rings is 1. The summed E-state index contributed by atoms with van der Waals surface area (Å²) in [6.07, 6.45) is 2.73. The van der Waals surface area contributed by atoms with Crippen LogP contribution in [0.15, 0.2) is 47.0 Å². The monoisotopic (exact) mass is 225 g/mol. The largest absolute Gasteiger partial charge is 0.461 e. The Balaban J connectivity index is 2.32. The van der Waals surface area contributed by atoms with Crippen molar-refractivity contribution in [3.8, 4) is 11.3 Å². The molecule has 0 amide bonds. The molecule has 0 saturated heterocycles. The lowest BCUT2D eigenvalue weighted by atomic mass is 10.2. The Morgan fingerprint density at radius 3 is 2.82 bits per heavy atom. The Kier molecular flexibility index (Phi) is 2.11. The molecule has 0 aliphatic heterocycles. The third kappa shape index (κ3) is 1.47. The number of aldehydes is 1. The molecule has 3 heteroatoms. The minimum absolute atomic E-state index is 0.620. The van der Waals surface area contributed by atoms with Gasteiger partial charge >= 0.3 is 0 Å². The second kappa shape index (κ2) is 3.63. The summed E-state index contributed by atoms with van der Waals surface area (Å²) in [4.78, 5) is 11.2. The highest BCUT2D eigenvalue weighted by Gasteiger charge is 2.13. The van der Waals surface area contributed by atoms with Crippen molar-refractivity contribution in [1.82, 2.24) is 4.40 Å². The molecular weight excluding hydrogens is 214 g/mol. The van der Waals surface area contributed by atoms with E-state index in [1.165, 1.54) is 0 Å². The highest BCUT2D eigenvalue weighted by molar-refractivity contribution is 5.88. The zero-order valence-electron chi connectivity index (χ0n) is 9.38. The molecule has 0 atom stereocenters. The Bertz CT molecular complexity index is 691. The van der Waals surface area contributed by atoms with Gasteiger partial charge in [-0.05, 0) is 37.3 Å². The summed E-state index contributed by atoms with van der Waals surface area (Å²) < 4.78 is 7.43. The fourth-order valence-corrected chi connectivity index (χ4v) is 2.04. The summed E-state index contributed by atoms with van der Waals surface area (Å²) in [6, 6.07) is 11.6. The molecule has 0 N–H and O–H groups in total. The van der Waals surface area contributed by atoms with Crippen LogP contribution in [0.5, 0.6) is 0 Å². The molecular formula is C14H11NO2. The van der Waals surface area contributed by atoms with E-state index in [0.29, 0.717) is 5.69 Å². The number of hydrogen-bond acceptors (Lipinski definition) is 2. The van der Waals surface area contributed by atoms with Crippen molar-refractivity contribution in [2.45, 2.75) is 6.92 Å². The number of aryl methyl sites for hydroxylation is 1. The Hall–Kier alpha value is -2.29. The van der Waals surface area contributed by atoms with Gasteiger partial charge in [0, 0.05) is 17.3 Å². The Morgan fingerprint density at radius 2 is 2.12 bits per heavy atom. The smallest absolute Gasteiger partial charge is 0.167 e. The van der Waals surface area contributed by atoms with Crippen molar-refractivity contribution in [3.05, 3.63) is 54.0 Å². The maximum atomic E-state index is 11.2. The number of furan rings is 1. The molecule has 0 unspecified atom stereocenters. The Labute approximate surface area is 98.3 Å². The predicted molar refractivity (Wildman–Crippen MR) is 65.2 cm³/mol. The predicted octanol–water partition coefficient (Wildman–Crippen LogP) is 3.32. The highest BCUT2D eigenvalue weighted by Crippen LogP contribution is 2.28. The van der Waals surface area contributed by atoms with E-state index in [1.807, 2.05) is 53.9 Å². The molecule has 0 saturated carbocycles. The van der Waals surface area contributed by atoms with E-state index in [4.69, 9.17) is 4.42 Å². The number of carbonyl (C=O) groups excluding carboxylic acids is 1. The first-order valence-corrected chi connectivity index (χ1v) is 5.41. The van der Waals surface area contributed by atoms with Crippen LogP contribution in [-0.4, -0.2) is 10.7 Å². The molecule has 0 fully saturated rings. The normalized spacial score (nSPS) is 10.9. The number of fused-ring (bicyclic) bond motifs is 1. The van der Waals surface area contributed by atoms with Gasteiger partial charge < -0.3 is 8.82 Å². The van der Waals surface area contributed by atoms with Gasteiger partial charge in [-0.15, -0.1) is 0 Å². The van der Waals surface area contributed by atoms with Crippen LogP contribution in [0.4, 0.5) is 0 Å². The fourth-order valence-electron chi connectivity index (χ4n) is 2.04. The quantitative estimate of drug-likeness (QED) is 0.627. The van der Waals surface area contributed by atoms with Gasteiger partial charge in [-0.25, -0.2) is 0 Å². The maximum absolute atomic E-state index is 11.2. The standard InChI is InChI=1S/C14H11NO2/c1-10-5-6-14(17-10)12-8-11-4-2-3-7-15(11)13(12)9-16/h2-9H,1H3. The number of aromatic nitrogens is 1. The molecule has 3 aromatic heterocycles. The van der Waals surface area contributed by atoms with Gasteiger partial charge in [-0.3, -0.25) is 4.79 Å². The van der Waals surface area contributed by atoms with Crippen molar-refractivity contribution in [3.63, 3.8) is 0 Å². The molecule has 0 bridgehead atoms. The third-order valence-electron chi connectivity index (χ3n) is 2.84. The van der Waals surface area contributed by atoms with E-state index in [9.17, 15) is 4.79 Å². The van der Waals surface area contributed by atoms with Gasteiger partial charge in [0.1, 0.15) is 11.5 Å². The van der Waals surface area contributed by atoms with Crippen LogP contribution in [0.25, 0.3) is 16.8 Å². The van der Waals surface area contributed by atoms with Crippen LogP contribution in [0.2, 0.25) is 0 Å². The molecule has 0 aliphatic carbocycles. The fraction of sp³-hybridized carbons (Fsp3) is 0.0714. The van der Waals surface area contributed by atoms with E-state index in [-0.39, 0.29) is 0 Å². The van der Waals surface area contributed by atoms with E-state index in [1.54, 1.807) is 0 Å². The highest BCUT2D eigenvalue weighted by atomic mass is 16.3. The van der Waals surface area contributed by atoms with Gasteiger partial charge in [-0.1, -0.05) is 6.07 Å². The summed E-state index contributed by atoms with van der Waals surface area (Å²) in [6.45, 7) is 1.89. The van der Waals surface area contributed by atoms with E-state index < -0.39 is 0 Å². The molecule has 0 spiro atoms. The van der Waals surface area contributed by atoms with Crippen molar-refractivity contribution >= 4 is 11.8 Å². The summed E-state index contributed by atoms with van der Waals surface area (Å²) in [5.74, 6) is 1.57. The van der Waals surface area contributed by atoms with Crippen molar-refractivity contribution < 1.29 is 9.21 Å². The van der Waals surface area contributed by atoms with Crippen molar-refractivity contribution in [2.75, 3.05) is 0 Å². The van der Waals surface area contributed by atoms with Crippen LogP contribution < -0.4 is 0 Å². The molecule has 3 aromatic rings. The maximum Gasteiger partial charge on any atom is 0.167 e. The number of nitrogens with zero attached hydrogens (tertiary/aromatic N) is 1. The van der Waals surface area contributed by atoms with Gasteiger partial charge in [-0.2, -0.15) is 0 Å². The SMILES string of the molecule is Cc1ccc(-c2cc3ccccn3c2C=O)o1. The first kappa shape index (κ1) is 9.90. The van der Waals surface area contributed by atoms with Crippen molar-refractivity contribution in [1.29, 1.82) is 0 Å². The average molecular weight is 225 g/mol. The molecule has 17 heavy (non-hydrogen) atoms. The Morgan fingerprint density at radius 1 is 1.24 bits per heavy atom. The second-order valence-corrected chi connectivity index (χ2v) is 3.97. The number of hydrogen-bond donors (Lipinski definition) is 0. The zero-order chi connectivity index (χ0) is 11.8. The minimum atomic E-state index is 0.620. The molecule has 0 aliphatic rings. The number of rotatable bonds is 2. The molecule has 3 nitrogen and oxygen atoms in total. The lowest BCUT2D eigenvalue weighted by Crippen LogP contribution is -1.90. The lowest BCUT2D eigenvalue weighted by Gasteiger charge is -1.96. The summed E-state index contributed by atoms with van der Waals surface area (Å²) >= 11 is 0. The minimum Gasteiger partial charge on any atom is -0.461 e. The zero-order valence-corrected chi connectivity index (χ0v) is 9.38. The van der Waals surface area contributed by atoms with Gasteiger partial charge in [0.15, 0.2) is 6.29 Å². The first-order chi connectivity index (χ1) is 8.29. The molecule has 3 rings (SSSR count). The van der Waals surface area contributed by atoms with E-state index in [0.717, 1.165) is 28.9 Å². The van der Waals surface area contributed by atoms with Gasteiger partial charge in [0.05, 0.1) is 5.69 Å². The van der Waals surface area contributed by atoms with Gasteiger partial charge in [0.2, 0.25) is 0 Å². The molecule has 84 valence electrons. The van der Waals surface area contributed by atoms with E-state index in [2.05, 4.69) is 0 Å². The number of carbonyl (C=O) groups is 1. The molecule has 0 aromatic carbocycles. The summed E-state index contributed by atoms with van der Waals surface area (Å²) in [5, 5.41) is 0. The molecule has 0 radical (unpaired) electrons. The second-order valence-electron chi connectivity index (χ2n) is 3.97. The van der Waals surface area contributed by atoms with Crippen molar-refractivity contribution in [2.24, 2.45) is 0 Å².